The lowest BCUT2D eigenvalue weighted by atomic mass is 9.71. The van der Waals surface area contributed by atoms with Gasteiger partial charge in [0.15, 0.2) is 0 Å². The van der Waals surface area contributed by atoms with Gasteiger partial charge in [0.05, 0.1) is 5.60 Å². The van der Waals surface area contributed by atoms with E-state index < -0.39 is 13.9 Å². The summed E-state index contributed by atoms with van der Waals surface area (Å²) in [6.45, 7) is 19.9. The molecule has 1 heterocycles. The van der Waals surface area contributed by atoms with Gasteiger partial charge >= 0.3 is 0 Å². The summed E-state index contributed by atoms with van der Waals surface area (Å²) >= 11 is 0. The molecule has 1 aliphatic rings. The molecule has 2 atom stereocenters. The van der Waals surface area contributed by atoms with Crippen molar-refractivity contribution in [2.24, 2.45) is 5.41 Å². The fraction of sp³-hybridized carbons (Fsp3) is 0.429. The zero-order valence-electron chi connectivity index (χ0n) is 10.5. The van der Waals surface area contributed by atoms with Crippen LogP contribution in [-0.2, 0) is 4.43 Å². The summed E-state index contributed by atoms with van der Waals surface area (Å²) in [6.07, 6.45) is 6.78. The molecule has 1 aliphatic heterocycles. The van der Waals surface area contributed by atoms with Crippen molar-refractivity contribution in [3.63, 3.8) is 0 Å². The van der Waals surface area contributed by atoms with Gasteiger partial charge in [0.2, 0.25) is 8.32 Å². The van der Waals surface area contributed by atoms with Crippen LogP contribution < -0.4 is 0 Å². The van der Waals surface area contributed by atoms with E-state index in [1.54, 1.807) is 0 Å². The topological polar surface area (TPSA) is 9.23 Å². The highest BCUT2D eigenvalue weighted by Gasteiger charge is 2.51. The Morgan fingerprint density at radius 2 is 1.69 bits per heavy atom. The largest absolute Gasteiger partial charge is 0.403 e. The summed E-state index contributed by atoms with van der Waals surface area (Å²) in [4.78, 5) is 0. The minimum Gasteiger partial charge on any atom is -0.403 e. The molecule has 16 heavy (non-hydrogen) atoms. The van der Waals surface area contributed by atoms with Gasteiger partial charge in [0.25, 0.3) is 0 Å². The van der Waals surface area contributed by atoms with E-state index in [0.29, 0.717) is 0 Å². The Kier molecular flexibility index (Phi) is 3.46. The van der Waals surface area contributed by atoms with E-state index in [-0.39, 0.29) is 5.41 Å². The highest BCUT2D eigenvalue weighted by Crippen LogP contribution is 2.49. The van der Waals surface area contributed by atoms with Crippen LogP contribution in [0.4, 0.5) is 0 Å². The lowest BCUT2D eigenvalue weighted by molar-refractivity contribution is 0.0245. The molecular weight excluding hydrogens is 212 g/mol. The molecular formula is C14H22OSi. The third kappa shape index (κ3) is 1.76. The molecule has 1 fully saturated rings. The van der Waals surface area contributed by atoms with Crippen LogP contribution in [0, 0.1) is 5.41 Å². The van der Waals surface area contributed by atoms with Gasteiger partial charge in [-0.2, -0.15) is 0 Å². The quantitative estimate of drug-likeness (QED) is 0.527. The molecule has 0 radical (unpaired) electrons. The van der Waals surface area contributed by atoms with Crippen molar-refractivity contribution >= 4 is 8.32 Å². The van der Waals surface area contributed by atoms with Crippen LogP contribution in [0.25, 0.3) is 0 Å². The predicted octanol–water partition coefficient (Wildman–Crippen LogP) is 4.01. The minimum absolute atomic E-state index is 0.204. The normalized spacial score (nSPS) is 37.4. The van der Waals surface area contributed by atoms with Crippen molar-refractivity contribution in [3.8, 4) is 0 Å². The van der Waals surface area contributed by atoms with Crippen LogP contribution in [0.2, 0.25) is 12.6 Å². The summed E-state index contributed by atoms with van der Waals surface area (Å²) in [5, 5.41) is 0. The first-order chi connectivity index (χ1) is 7.41. The molecule has 88 valence electrons. The zero-order valence-corrected chi connectivity index (χ0v) is 11.5. The van der Waals surface area contributed by atoms with Crippen LogP contribution >= 0.6 is 0 Å². The molecule has 0 amide bonds. The molecule has 1 nitrogen and oxygen atoms in total. The first-order valence-electron chi connectivity index (χ1n) is 5.65. The van der Waals surface area contributed by atoms with Gasteiger partial charge in [-0.3, -0.25) is 0 Å². The second kappa shape index (κ2) is 4.19. The maximum absolute atomic E-state index is 6.32. The standard InChI is InChI=1S/C14H22OSi/c1-7-13(5)14(8-2,9-3)11-12-16(6,10-4)15-13/h7-10H,1-4,11-12H2,5-6H3. The van der Waals surface area contributed by atoms with Crippen LogP contribution in [0.3, 0.4) is 0 Å². The van der Waals surface area contributed by atoms with E-state index >= 15 is 0 Å². The Bertz CT molecular complexity index is 326. The molecule has 0 aliphatic carbocycles. The number of rotatable bonds is 4. The van der Waals surface area contributed by atoms with Crippen LogP contribution in [-0.4, -0.2) is 13.9 Å². The van der Waals surface area contributed by atoms with Crippen molar-refractivity contribution in [1.82, 2.24) is 0 Å². The third-order valence-electron chi connectivity index (χ3n) is 3.95. The van der Waals surface area contributed by atoms with Gasteiger partial charge in [-0.25, -0.2) is 0 Å². The maximum Gasteiger partial charge on any atom is 0.214 e. The summed E-state index contributed by atoms with van der Waals surface area (Å²) in [7, 11) is -1.79. The van der Waals surface area contributed by atoms with E-state index in [9.17, 15) is 0 Å². The Balaban J connectivity index is 3.20. The third-order valence-corrected chi connectivity index (χ3v) is 6.95. The smallest absolute Gasteiger partial charge is 0.214 e. The Morgan fingerprint density at radius 1 is 1.12 bits per heavy atom. The second-order valence-corrected chi connectivity index (χ2v) is 8.62. The average molecular weight is 234 g/mol. The van der Waals surface area contributed by atoms with Crippen molar-refractivity contribution in [2.45, 2.75) is 31.5 Å². The molecule has 0 spiro atoms. The molecule has 1 rings (SSSR count). The number of hydrogen-bond donors (Lipinski definition) is 0. The molecule has 0 N–H and O–H groups in total. The van der Waals surface area contributed by atoms with Gasteiger partial charge in [-0.1, -0.05) is 23.9 Å². The summed E-state index contributed by atoms with van der Waals surface area (Å²) < 4.78 is 6.32. The zero-order chi connectivity index (χ0) is 12.4. The molecule has 0 aromatic carbocycles. The van der Waals surface area contributed by atoms with Crippen molar-refractivity contribution < 1.29 is 4.43 Å². The fourth-order valence-electron chi connectivity index (χ4n) is 2.40. The lowest BCUT2D eigenvalue weighted by Gasteiger charge is -2.52. The Labute approximate surface area is 100 Å². The molecule has 2 heteroatoms. The second-order valence-electron chi connectivity index (χ2n) is 4.88. The van der Waals surface area contributed by atoms with Crippen molar-refractivity contribution in [1.29, 1.82) is 0 Å². The molecule has 2 unspecified atom stereocenters. The number of hydrogen-bond acceptors (Lipinski definition) is 1. The van der Waals surface area contributed by atoms with Gasteiger partial charge in [-0.15, -0.1) is 26.3 Å². The van der Waals surface area contributed by atoms with Crippen LogP contribution in [0.5, 0.6) is 0 Å². The van der Waals surface area contributed by atoms with E-state index in [4.69, 9.17) is 4.43 Å². The van der Waals surface area contributed by atoms with Gasteiger partial charge < -0.3 is 4.43 Å². The summed E-state index contributed by atoms with van der Waals surface area (Å²) in [6, 6.07) is 1.05. The molecule has 0 aromatic heterocycles. The molecule has 0 bridgehead atoms. The van der Waals surface area contributed by atoms with E-state index in [2.05, 4.69) is 39.8 Å². The monoisotopic (exact) mass is 234 g/mol. The predicted molar refractivity (Wildman–Crippen MR) is 73.8 cm³/mol. The summed E-state index contributed by atoms with van der Waals surface area (Å²) in [5.74, 6) is 0. The highest BCUT2D eigenvalue weighted by molar-refractivity contribution is 6.77. The lowest BCUT2D eigenvalue weighted by Crippen LogP contribution is -2.56. The van der Waals surface area contributed by atoms with Gasteiger partial charge in [0.1, 0.15) is 0 Å². The molecule has 1 saturated heterocycles. The first kappa shape index (κ1) is 13.2. The van der Waals surface area contributed by atoms with E-state index in [1.165, 1.54) is 0 Å². The highest BCUT2D eigenvalue weighted by atomic mass is 28.4. The van der Waals surface area contributed by atoms with E-state index in [0.717, 1.165) is 12.5 Å². The van der Waals surface area contributed by atoms with E-state index in [1.807, 2.05) is 23.9 Å². The van der Waals surface area contributed by atoms with Crippen LogP contribution in [0.1, 0.15) is 13.3 Å². The van der Waals surface area contributed by atoms with Crippen molar-refractivity contribution in [2.75, 3.05) is 0 Å². The van der Waals surface area contributed by atoms with Gasteiger partial charge in [-0.05, 0) is 25.9 Å². The molecule has 0 aromatic rings. The minimum atomic E-state index is -1.79. The average Bonchev–Trinajstić information content (AvgIpc) is 2.30. The summed E-state index contributed by atoms with van der Waals surface area (Å²) in [5.41, 5.74) is 1.39. The molecule has 0 saturated carbocycles. The van der Waals surface area contributed by atoms with Crippen LogP contribution in [0.15, 0.2) is 50.2 Å². The first-order valence-corrected chi connectivity index (χ1v) is 8.35. The fourth-order valence-corrected chi connectivity index (χ4v) is 4.94. The van der Waals surface area contributed by atoms with Crippen molar-refractivity contribution in [3.05, 3.63) is 50.2 Å². The van der Waals surface area contributed by atoms with Gasteiger partial charge in [0, 0.05) is 5.41 Å². The maximum atomic E-state index is 6.32. The SMILES string of the molecule is C=CC1(C=C)CC[Si](C)(C=C)OC1(C)C=C. The Hall–Kier alpha value is -0.863. The Morgan fingerprint density at radius 3 is 2.06 bits per heavy atom.